The van der Waals surface area contributed by atoms with Gasteiger partial charge in [0.15, 0.2) is 0 Å². The van der Waals surface area contributed by atoms with Gasteiger partial charge < -0.3 is 10.4 Å². The Bertz CT molecular complexity index is 190. The molecule has 0 aromatic rings. The third kappa shape index (κ3) is 1.67. The van der Waals surface area contributed by atoms with Crippen LogP contribution < -0.4 is 5.32 Å². The molecule has 1 fully saturated rings. The Kier molecular flexibility index (Phi) is 3.03. The summed E-state index contributed by atoms with van der Waals surface area (Å²) in [6.45, 7) is 0. The molecule has 0 bridgehead atoms. The van der Waals surface area contributed by atoms with E-state index in [2.05, 4.69) is 5.32 Å². The minimum Gasteiger partial charge on any atom is -0.480 e. The van der Waals surface area contributed by atoms with Crippen molar-refractivity contribution in [2.24, 2.45) is 0 Å². The number of carboxylic acids is 1. The van der Waals surface area contributed by atoms with Gasteiger partial charge >= 0.3 is 5.97 Å². The predicted octanol–water partition coefficient (Wildman–Crippen LogP) is 0.880. The summed E-state index contributed by atoms with van der Waals surface area (Å²) in [6.07, 6.45) is -1.21. The summed E-state index contributed by atoms with van der Waals surface area (Å²) in [5, 5.41) is 10.9. The number of nitrogens with one attached hydrogen (secondary N) is 1. The van der Waals surface area contributed by atoms with Crippen LogP contribution in [0.5, 0.6) is 0 Å². The van der Waals surface area contributed by atoms with Crippen LogP contribution in [0.1, 0.15) is 12.8 Å². The summed E-state index contributed by atoms with van der Waals surface area (Å²) in [6, 6.07) is 0. The van der Waals surface area contributed by atoms with Gasteiger partial charge in [0.05, 0.1) is 0 Å². The number of carboxylic acid groups (broad SMARTS) is 1. The third-order valence-electron chi connectivity index (χ3n) is 2.01. The van der Waals surface area contributed by atoms with E-state index in [0.29, 0.717) is 0 Å². The molecule has 1 saturated carbocycles. The third-order valence-corrected chi connectivity index (χ3v) is 2.01. The van der Waals surface area contributed by atoms with E-state index in [4.69, 9.17) is 5.11 Å². The molecule has 0 spiro atoms. The number of hydrogen-bond acceptors (Lipinski definition) is 2. The van der Waals surface area contributed by atoms with Crippen molar-refractivity contribution in [3.8, 4) is 0 Å². The van der Waals surface area contributed by atoms with Crippen LogP contribution in [0.2, 0.25) is 0 Å². The largest absolute Gasteiger partial charge is 0.480 e. The molecule has 0 aliphatic heterocycles. The van der Waals surface area contributed by atoms with E-state index < -0.39 is 30.3 Å². The molecule has 6 heteroatoms. The average molecular weight is 202 g/mol. The van der Waals surface area contributed by atoms with Crippen molar-refractivity contribution in [2.45, 2.75) is 24.3 Å². The summed E-state index contributed by atoms with van der Waals surface area (Å²) in [5.74, 6) is -4.01. The van der Waals surface area contributed by atoms with E-state index in [1.165, 1.54) is 7.05 Å². The first-order valence-electron chi connectivity index (χ1n) is 3.22. The lowest BCUT2D eigenvalue weighted by Crippen LogP contribution is -2.64. The van der Waals surface area contributed by atoms with Crippen molar-refractivity contribution >= 4 is 18.4 Å². The molecule has 3 nitrogen and oxygen atoms in total. The number of aliphatic carboxylic acids is 1. The van der Waals surface area contributed by atoms with Crippen LogP contribution in [0, 0.1) is 0 Å². The van der Waals surface area contributed by atoms with Crippen molar-refractivity contribution < 1.29 is 18.7 Å². The molecule has 0 heterocycles. The molecule has 0 atom stereocenters. The number of carbonyl (C=O) groups is 1. The van der Waals surface area contributed by atoms with Gasteiger partial charge in [-0.2, -0.15) is 0 Å². The minimum absolute atomic E-state index is 0. The van der Waals surface area contributed by atoms with Crippen LogP contribution >= 0.6 is 12.4 Å². The van der Waals surface area contributed by atoms with Crippen molar-refractivity contribution in [2.75, 3.05) is 7.05 Å². The van der Waals surface area contributed by atoms with Gasteiger partial charge in [-0.1, -0.05) is 0 Å². The Morgan fingerprint density at radius 1 is 1.50 bits per heavy atom. The second-order valence-electron chi connectivity index (χ2n) is 2.85. The highest BCUT2D eigenvalue weighted by molar-refractivity contribution is 5.85. The Morgan fingerprint density at radius 3 is 2.00 bits per heavy atom. The van der Waals surface area contributed by atoms with Crippen LogP contribution in [0.15, 0.2) is 0 Å². The Morgan fingerprint density at radius 2 is 1.92 bits per heavy atom. The van der Waals surface area contributed by atoms with Gasteiger partial charge in [-0.15, -0.1) is 12.4 Å². The van der Waals surface area contributed by atoms with Gasteiger partial charge in [0.1, 0.15) is 5.54 Å². The fourth-order valence-corrected chi connectivity index (χ4v) is 1.27. The van der Waals surface area contributed by atoms with Crippen molar-refractivity contribution in [3.63, 3.8) is 0 Å². The zero-order valence-corrected chi connectivity index (χ0v) is 7.25. The lowest BCUT2D eigenvalue weighted by molar-refractivity contribution is -0.176. The fourth-order valence-electron chi connectivity index (χ4n) is 1.27. The highest BCUT2D eigenvalue weighted by Gasteiger charge is 2.60. The van der Waals surface area contributed by atoms with E-state index in [0.717, 1.165) is 0 Å². The second-order valence-corrected chi connectivity index (χ2v) is 2.85. The van der Waals surface area contributed by atoms with E-state index in [-0.39, 0.29) is 12.4 Å². The maximum absolute atomic E-state index is 12.3. The van der Waals surface area contributed by atoms with Gasteiger partial charge in [-0.25, -0.2) is 8.78 Å². The molecule has 0 aromatic heterocycles. The Balaban J connectivity index is 0.00000121. The Hall–Kier alpha value is -0.420. The maximum Gasteiger partial charge on any atom is 0.324 e. The van der Waals surface area contributed by atoms with E-state index in [1.54, 1.807) is 0 Å². The van der Waals surface area contributed by atoms with E-state index in [9.17, 15) is 13.6 Å². The molecule has 0 aromatic carbocycles. The van der Waals surface area contributed by atoms with Crippen LogP contribution in [0.4, 0.5) is 8.78 Å². The van der Waals surface area contributed by atoms with Gasteiger partial charge in [-0.05, 0) is 7.05 Å². The van der Waals surface area contributed by atoms with E-state index >= 15 is 0 Å². The number of rotatable bonds is 2. The van der Waals surface area contributed by atoms with Crippen LogP contribution in [0.3, 0.4) is 0 Å². The zero-order valence-electron chi connectivity index (χ0n) is 6.43. The van der Waals surface area contributed by atoms with Gasteiger partial charge in [0.25, 0.3) is 5.92 Å². The summed E-state index contributed by atoms with van der Waals surface area (Å²) < 4.78 is 24.6. The van der Waals surface area contributed by atoms with Gasteiger partial charge in [-0.3, -0.25) is 4.79 Å². The first-order valence-corrected chi connectivity index (χ1v) is 3.22. The second kappa shape index (κ2) is 3.14. The van der Waals surface area contributed by atoms with Crippen LogP contribution in [-0.2, 0) is 4.79 Å². The first-order chi connectivity index (χ1) is 4.92. The molecule has 0 radical (unpaired) electrons. The molecule has 1 aliphatic carbocycles. The molecular formula is C6H10ClF2NO2. The quantitative estimate of drug-likeness (QED) is 0.698. The molecule has 1 aliphatic rings. The van der Waals surface area contributed by atoms with Crippen LogP contribution in [-0.4, -0.2) is 29.6 Å². The normalized spacial score (nSPS) is 23.6. The summed E-state index contributed by atoms with van der Waals surface area (Å²) in [7, 11) is 1.38. The lowest BCUT2D eigenvalue weighted by Gasteiger charge is -2.43. The minimum atomic E-state index is -2.80. The van der Waals surface area contributed by atoms with Gasteiger partial charge in [0, 0.05) is 12.8 Å². The maximum atomic E-state index is 12.3. The number of halogens is 3. The van der Waals surface area contributed by atoms with Gasteiger partial charge in [0.2, 0.25) is 0 Å². The monoisotopic (exact) mass is 201 g/mol. The summed E-state index contributed by atoms with van der Waals surface area (Å²) >= 11 is 0. The Labute approximate surface area is 74.5 Å². The molecule has 2 N–H and O–H groups in total. The molecule has 0 amide bonds. The SMILES string of the molecule is CNC1(C(=O)O)CC(F)(F)C1.Cl. The molecular weight excluding hydrogens is 192 g/mol. The molecule has 12 heavy (non-hydrogen) atoms. The number of likely N-dealkylation sites (N-methyl/N-ethyl adjacent to an activating group) is 1. The number of alkyl halides is 2. The fraction of sp³-hybridized carbons (Fsp3) is 0.833. The molecule has 1 rings (SSSR count). The van der Waals surface area contributed by atoms with Crippen LogP contribution in [0.25, 0.3) is 0 Å². The molecule has 0 saturated heterocycles. The topological polar surface area (TPSA) is 49.3 Å². The molecule has 0 unspecified atom stereocenters. The lowest BCUT2D eigenvalue weighted by atomic mass is 9.73. The predicted molar refractivity (Wildman–Crippen MR) is 40.9 cm³/mol. The van der Waals surface area contributed by atoms with Crippen molar-refractivity contribution in [3.05, 3.63) is 0 Å². The molecule has 72 valence electrons. The summed E-state index contributed by atoms with van der Waals surface area (Å²) in [5.41, 5.74) is -1.39. The standard InChI is InChI=1S/C6H9F2NO2.ClH/c1-9-5(4(10)11)2-6(7,8)3-5;/h9H,2-3H2,1H3,(H,10,11);1H. The van der Waals surface area contributed by atoms with E-state index in [1.807, 2.05) is 0 Å². The first kappa shape index (κ1) is 11.6. The number of hydrogen-bond donors (Lipinski definition) is 2. The smallest absolute Gasteiger partial charge is 0.324 e. The highest BCUT2D eigenvalue weighted by atomic mass is 35.5. The van der Waals surface area contributed by atoms with Crippen molar-refractivity contribution in [1.29, 1.82) is 0 Å². The average Bonchev–Trinajstić information content (AvgIpc) is 1.81. The summed E-state index contributed by atoms with van der Waals surface area (Å²) in [4.78, 5) is 10.4. The zero-order chi connectivity index (χ0) is 8.70. The highest BCUT2D eigenvalue weighted by Crippen LogP contribution is 2.45. The van der Waals surface area contributed by atoms with Crippen molar-refractivity contribution in [1.82, 2.24) is 5.32 Å².